The van der Waals surface area contributed by atoms with Gasteiger partial charge >= 0.3 is 0 Å². The predicted molar refractivity (Wildman–Crippen MR) is 467 cm³/mol. The van der Waals surface area contributed by atoms with Gasteiger partial charge < -0.3 is 44.8 Å². The minimum Gasteiger partial charge on any atom is -0.497 e. The number of likely N-dealkylation sites (tertiary alicyclic amines) is 4. The second-order valence-corrected chi connectivity index (χ2v) is 39.3. The van der Waals surface area contributed by atoms with E-state index < -0.39 is 57.6 Å². The SMILES string of the molecule is C=S1(=O)CCN(CC(=O)N2CCC(C(C)(C)[C@H](O)c3cc(Cl)cc4cn[nH]c34)CC2)CC1.CC(C)(C1CCN(C(=O)C2CCC2)CC1)[C@H](O)c1cc(Cl)cc2cn[nH]c12.COc1ccc(CC(=O)N2CCC(C(F)(F)C(O)c3cc(Cl)cc4cn[nH]c34)CC2)cc1.Cc1ccc(CC(=O)N2CCC(C(F)(F)C(O)c3cc(Cl)cc4cn[nH]c34)CC2)cn1. The van der Waals surface area contributed by atoms with E-state index in [0.717, 1.165) is 101 Å². The molecule has 4 amide bonds. The van der Waals surface area contributed by atoms with Gasteiger partial charge in [0.1, 0.15) is 18.0 Å². The van der Waals surface area contributed by atoms with Crippen LogP contribution >= 0.6 is 46.4 Å². The highest BCUT2D eigenvalue weighted by Crippen LogP contribution is 2.51. The van der Waals surface area contributed by atoms with E-state index in [4.69, 9.17) is 51.1 Å². The number of aryl methyl sites for hydroxylation is 1. The molecular formula is C89H108Cl4F4N14O10S. The van der Waals surface area contributed by atoms with Crippen molar-refractivity contribution in [2.24, 2.45) is 40.4 Å². The molecule has 2 unspecified atom stereocenters. The summed E-state index contributed by atoms with van der Waals surface area (Å²) in [6.07, 6.45) is 10.3. The highest BCUT2D eigenvalue weighted by atomic mass is 35.5. The molecule has 5 aromatic carbocycles. The largest absolute Gasteiger partial charge is 0.497 e. The summed E-state index contributed by atoms with van der Waals surface area (Å²) < 4.78 is 78.1. The quantitative estimate of drug-likeness (QED) is 0.0260. The third-order valence-corrected chi connectivity index (χ3v) is 29.0. The first-order valence-electron chi connectivity index (χ1n) is 41.7. The van der Waals surface area contributed by atoms with Crippen LogP contribution in [-0.2, 0) is 41.5 Å². The van der Waals surface area contributed by atoms with Gasteiger partial charge in [0, 0.05) is 170 Å². The number of nitrogens with one attached hydrogen (secondary N) is 4. The van der Waals surface area contributed by atoms with Gasteiger partial charge in [0.25, 0.3) is 11.8 Å². The summed E-state index contributed by atoms with van der Waals surface area (Å²) in [6.45, 7) is 15.9. The van der Waals surface area contributed by atoms with Crippen LogP contribution in [0.3, 0.4) is 0 Å². The van der Waals surface area contributed by atoms with Gasteiger partial charge in [-0.3, -0.25) is 53.7 Å². The zero-order chi connectivity index (χ0) is 87.3. The lowest BCUT2D eigenvalue weighted by molar-refractivity contribution is -0.164. The maximum Gasteiger partial charge on any atom is 0.280 e. The summed E-state index contributed by atoms with van der Waals surface area (Å²) in [6, 6.07) is 24.1. The molecule has 6 fully saturated rings. The fraction of sp³-hybridized carbons (Fsp3) is 0.506. The number of aliphatic hydroxyl groups excluding tert-OH is 4. The number of aromatic amines is 4. The van der Waals surface area contributed by atoms with Crippen LogP contribution in [0.5, 0.6) is 5.75 Å². The average Bonchev–Trinajstić information content (AvgIpc) is 1.26. The molecule has 0 spiro atoms. The van der Waals surface area contributed by atoms with Gasteiger partial charge in [0.05, 0.1) is 85.6 Å². The van der Waals surface area contributed by atoms with Crippen molar-refractivity contribution in [3.8, 4) is 5.75 Å². The monoisotopic (exact) mass is 1780 g/mol. The normalized spacial score (nSPS) is 18.8. The summed E-state index contributed by atoms with van der Waals surface area (Å²) in [5.74, 6) is -2.10. The van der Waals surface area contributed by atoms with Crippen molar-refractivity contribution in [1.29, 1.82) is 0 Å². The molecule has 8 N–H and O–H groups in total. The Morgan fingerprint density at radius 2 is 0.811 bits per heavy atom. The molecule has 0 radical (unpaired) electrons. The number of benzene rings is 5. The topological polar surface area (TPSA) is 319 Å². The number of alkyl halides is 4. The van der Waals surface area contributed by atoms with Gasteiger partial charge in [0.15, 0.2) is 0 Å². The van der Waals surface area contributed by atoms with Gasteiger partial charge in [-0.25, -0.2) is 17.6 Å². The van der Waals surface area contributed by atoms with E-state index in [1.54, 1.807) is 59.8 Å². The second kappa shape index (κ2) is 38.5. The average molecular weight is 1780 g/mol. The molecular weight excluding hydrogens is 1670 g/mol. The zero-order valence-corrected chi connectivity index (χ0v) is 73.2. The number of piperidine rings is 4. The summed E-state index contributed by atoms with van der Waals surface area (Å²) in [7, 11) is -0.378. The molecule has 6 aliphatic rings. The Morgan fingerprint density at radius 1 is 0.475 bits per heavy atom. The number of halogens is 8. The number of carbonyl (C=O) groups is 4. The summed E-state index contributed by atoms with van der Waals surface area (Å²) in [5.41, 5.74) is 5.73. The van der Waals surface area contributed by atoms with Crippen LogP contribution in [0, 0.1) is 47.3 Å². The standard InChI is InChI=1S/C23H24ClF2N3O3.C23H33ClN4O3S.C22H23ClF2N4O2.C21H28ClN3O2/c1-32-18-4-2-14(3-5-18)10-20(30)29-8-6-16(7-9-29)23(25,26)22(31)19-12-17(24)11-15-13-27-28-21(15)19;1-23(2,22(30)19-13-18(24)12-16-14-25-26-21(16)19)17-4-6-28(7-5-17)20(29)15-27-8-10-32(3,31)11-9-27;1-13-2-3-14(11-26-13)8-19(30)29-6-4-16(5-7-29)22(24,25)21(31)18-10-17(23)9-15-12-27-28-20(15)18;1-21(2,15-6-8-25(9-7-15)20(27)13-4-3-5-13)19(26)17-11-16(22)10-14-12-23-24-18(14)17/h2-5,11-13,16,22,31H,6-10H2,1H3,(H,27,28);12-14,17,22,30H,3-11,15H2,1-2H3,(H,25,26);2-3,9-12,16,21,31H,4-8H2,1H3,(H,27,28);10-13,15,19,26H,3-9H2,1-2H3,(H,23,24)/t;22-;;19-/m.1.1/s1. The minimum absolute atomic E-state index is 0.0213. The van der Waals surface area contributed by atoms with Crippen LogP contribution in [0.4, 0.5) is 17.6 Å². The molecule has 24 nitrogen and oxygen atoms in total. The number of amides is 4. The molecule has 4 atom stereocenters. The number of pyridine rings is 1. The van der Waals surface area contributed by atoms with Crippen LogP contribution in [0.1, 0.15) is 162 Å². The van der Waals surface area contributed by atoms with E-state index >= 15 is 17.6 Å². The fourth-order valence-electron chi connectivity index (χ4n) is 18.0. The van der Waals surface area contributed by atoms with Crippen molar-refractivity contribution in [3.63, 3.8) is 0 Å². The van der Waals surface area contributed by atoms with Crippen LogP contribution < -0.4 is 4.74 Å². The Kier molecular flexibility index (Phi) is 28.8. The van der Waals surface area contributed by atoms with Gasteiger partial charge in [-0.15, -0.1) is 0 Å². The molecule has 1 saturated carbocycles. The maximum absolute atomic E-state index is 15.3. The van der Waals surface area contributed by atoms with Crippen molar-refractivity contribution in [2.45, 2.75) is 154 Å². The van der Waals surface area contributed by atoms with Crippen LogP contribution in [0.15, 0.2) is 116 Å². The van der Waals surface area contributed by atoms with E-state index in [1.165, 1.54) is 30.9 Å². The van der Waals surface area contributed by atoms with E-state index in [2.05, 4.69) is 84.2 Å². The number of aromatic nitrogens is 9. The van der Waals surface area contributed by atoms with Gasteiger partial charge in [0.2, 0.25) is 23.6 Å². The Labute approximate surface area is 727 Å². The summed E-state index contributed by atoms with van der Waals surface area (Å²) in [5, 5.41) is 75.7. The summed E-state index contributed by atoms with van der Waals surface area (Å²) in [4.78, 5) is 63.9. The number of methoxy groups -OCH3 is 1. The highest BCUT2D eigenvalue weighted by Gasteiger charge is 2.51. The molecule has 5 aromatic heterocycles. The van der Waals surface area contributed by atoms with Gasteiger partial charge in [-0.05, 0) is 187 Å². The van der Waals surface area contributed by atoms with Crippen LogP contribution in [0.2, 0.25) is 20.1 Å². The Morgan fingerprint density at radius 3 is 1.16 bits per heavy atom. The predicted octanol–water partition coefficient (Wildman–Crippen LogP) is 15.3. The molecule has 10 heterocycles. The molecule has 33 heteroatoms. The first-order chi connectivity index (χ1) is 58.0. The number of H-pyrrole nitrogens is 4. The van der Waals surface area contributed by atoms with Crippen LogP contribution in [-0.4, -0.2) is 227 Å². The third kappa shape index (κ3) is 20.9. The number of carbonyl (C=O) groups excluding carboxylic acids is 4. The van der Waals surface area contributed by atoms with Crippen LogP contribution in [0.25, 0.3) is 43.6 Å². The molecule has 0 bridgehead atoms. The molecule has 1 aliphatic carbocycles. The number of fused-ring (bicyclic) bond motifs is 4. The van der Waals surface area contributed by atoms with Crippen molar-refractivity contribution < 1.29 is 66.1 Å². The van der Waals surface area contributed by atoms with Crippen molar-refractivity contribution >= 4 is 129 Å². The number of nitrogens with zero attached hydrogens (tertiary/aromatic N) is 10. The first kappa shape index (κ1) is 91.2. The van der Waals surface area contributed by atoms with Crippen molar-refractivity contribution in [2.75, 3.05) is 90.6 Å². The molecule has 122 heavy (non-hydrogen) atoms. The van der Waals surface area contributed by atoms with E-state index in [1.807, 2.05) is 65.3 Å². The van der Waals surface area contributed by atoms with E-state index in [0.29, 0.717) is 93.7 Å². The Balaban J connectivity index is 0.000000140. The van der Waals surface area contributed by atoms with Gasteiger partial charge in [-0.2, -0.15) is 20.4 Å². The minimum atomic E-state index is -3.38. The molecule has 656 valence electrons. The number of hydrogen-bond acceptors (Lipinski definition) is 16. The van der Waals surface area contributed by atoms with E-state index in [-0.39, 0.29) is 126 Å². The zero-order valence-electron chi connectivity index (χ0n) is 69.4. The highest BCUT2D eigenvalue weighted by molar-refractivity contribution is 8.00. The maximum atomic E-state index is 15.3. The number of hydrogen-bond donors (Lipinski definition) is 8. The Hall–Kier alpha value is -8.49. The fourth-order valence-corrected chi connectivity index (χ4v) is 20.3. The van der Waals surface area contributed by atoms with Crippen molar-refractivity contribution in [1.82, 2.24) is 70.3 Å². The molecule has 10 aromatic rings. The number of rotatable bonds is 20. The first-order valence-corrected chi connectivity index (χ1v) is 45.3. The van der Waals surface area contributed by atoms with Crippen molar-refractivity contribution in [3.05, 3.63) is 175 Å². The lowest BCUT2D eigenvalue weighted by Crippen LogP contribution is -2.49. The summed E-state index contributed by atoms with van der Waals surface area (Å²) >= 11 is 24.6. The second-order valence-electron chi connectivity index (χ2n) is 34.8. The van der Waals surface area contributed by atoms with Gasteiger partial charge in [-0.1, -0.05) is 98.7 Å². The Bertz CT molecular complexity index is 5410. The molecule has 16 rings (SSSR count). The number of ether oxygens (including phenoxy) is 1. The third-order valence-electron chi connectivity index (χ3n) is 26.3. The smallest absolute Gasteiger partial charge is 0.280 e. The number of aliphatic hydroxyl groups is 4. The van der Waals surface area contributed by atoms with E-state index in [9.17, 15) is 43.8 Å². The molecule has 5 aliphatic heterocycles. The lowest BCUT2D eigenvalue weighted by Gasteiger charge is -2.44. The lowest BCUT2D eigenvalue weighted by atomic mass is 9.68. The molecule has 5 saturated heterocycles.